The molecule has 0 bridgehead atoms. The second-order valence-corrected chi connectivity index (χ2v) is 5.48. The van der Waals surface area contributed by atoms with E-state index in [0.717, 1.165) is 16.8 Å². The number of methoxy groups -OCH3 is 1. The van der Waals surface area contributed by atoms with Gasteiger partial charge in [0.2, 0.25) is 0 Å². The summed E-state index contributed by atoms with van der Waals surface area (Å²) in [4.78, 5) is 12.6. The number of carbonyl (C=O) groups is 1. The Morgan fingerprint density at radius 3 is 2.56 bits per heavy atom. The van der Waals surface area contributed by atoms with Crippen LogP contribution in [0, 0.1) is 0 Å². The molecule has 1 aromatic heterocycles. The van der Waals surface area contributed by atoms with E-state index in [4.69, 9.17) is 10.5 Å². The molecule has 0 amide bonds. The average Bonchev–Trinajstić information content (AvgIpc) is 2.88. The van der Waals surface area contributed by atoms with Crippen LogP contribution in [-0.2, 0) is 13.1 Å². The van der Waals surface area contributed by atoms with E-state index < -0.39 is 0 Å². The Bertz CT molecular complexity index is 901. The van der Waals surface area contributed by atoms with Gasteiger partial charge in [-0.25, -0.2) is 9.13 Å². The molecule has 0 spiro atoms. The lowest BCUT2D eigenvalue weighted by atomic mass is 10.1. The zero-order chi connectivity index (χ0) is 17.1. The number of ether oxygens (including phenoxy) is 1. The third kappa shape index (κ3) is 3.58. The number of hydrogen-bond donors (Lipinski definition) is 1. The van der Waals surface area contributed by atoms with Crippen LogP contribution >= 0.6 is 17.0 Å². The molecule has 5 nitrogen and oxygen atoms in total. The first-order valence-electron chi connectivity index (χ1n) is 7.70. The topological polar surface area (TPSA) is 61.1 Å². The van der Waals surface area contributed by atoms with Gasteiger partial charge in [-0.05, 0) is 36.4 Å². The van der Waals surface area contributed by atoms with Crippen molar-refractivity contribution in [2.75, 3.05) is 12.8 Å². The molecule has 0 aliphatic carbocycles. The Morgan fingerprint density at radius 1 is 1.24 bits per heavy atom. The van der Waals surface area contributed by atoms with E-state index in [1.165, 1.54) is 0 Å². The quantitative estimate of drug-likeness (QED) is 0.391. The minimum Gasteiger partial charge on any atom is -0.497 e. The maximum Gasteiger partial charge on any atom is 0.356 e. The molecule has 0 aliphatic rings. The molecule has 0 unspecified atom stereocenters. The number of nitrogens with zero attached hydrogens (tertiary/aromatic N) is 2. The summed E-state index contributed by atoms with van der Waals surface area (Å²) in [5.74, 6) is 1.26. The molecule has 1 heterocycles. The van der Waals surface area contributed by atoms with Gasteiger partial charge in [0, 0.05) is 5.56 Å². The van der Waals surface area contributed by atoms with Crippen LogP contribution in [0.5, 0.6) is 5.75 Å². The van der Waals surface area contributed by atoms with Gasteiger partial charge < -0.3 is 4.74 Å². The van der Waals surface area contributed by atoms with Crippen molar-refractivity contribution in [2.24, 2.45) is 0 Å². The fraction of sp³-hybridized carbons (Fsp3) is 0.158. The van der Waals surface area contributed by atoms with Gasteiger partial charge in [-0.15, -0.1) is 17.0 Å². The zero-order valence-corrected chi connectivity index (χ0v) is 15.7. The Labute approximate surface area is 157 Å². The van der Waals surface area contributed by atoms with E-state index in [9.17, 15) is 4.79 Å². The third-order valence-electron chi connectivity index (χ3n) is 4.04. The molecule has 25 heavy (non-hydrogen) atoms. The number of nitrogens with two attached hydrogens (primary N) is 1. The number of hydrogen-bond acceptors (Lipinski definition) is 3. The predicted molar refractivity (Wildman–Crippen MR) is 104 cm³/mol. The molecule has 3 rings (SSSR count). The lowest BCUT2D eigenvalue weighted by Gasteiger charge is -2.03. The largest absolute Gasteiger partial charge is 0.497 e. The monoisotopic (exact) mass is 402 g/mol. The smallest absolute Gasteiger partial charge is 0.356 e. The normalized spacial score (nSPS) is 10.3. The number of nitrogen functional groups attached to an aromatic ring is 1. The van der Waals surface area contributed by atoms with Crippen molar-refractivity contribution in [1.29, 1.82) is 0 Å². The van der Waals surface area contributed by atoms with Crippen molar-refractivity contribution in [3.63, 3.8) is 0 Å². The molecular formula is C19H21BrN3O2+. The molecule has 0 aliphatic heterocycles. The van der Waals surface area contributed by atoms with Crippen LogP contribution < -0.4 is 15.0 Å². The predicted octanol–water partition coefficient (Wildman–Crippen LogP) is 3.17. The number of rotatable bonds is 6. The summed E-state index contributed by atoms with van der Waals surface area (Å²) in [6.45, 7) is 4.55. The number of benzene rings is 2. The number of ketones is 1. The number of allylic oxidation sites excluding steroid dienone is 1. The van der Waals surface area contributed by atoms with E-state index in [1.807, 2.05) is 33.4 Å². The molecule has 0 saturated heterocycles. The maximum absolute atomic E-state index is 12.6. The summed E-state index contributed by atoms with van der Waals surface area (Å²) in [7, 11) is 1.60. The molecule has 2 N–H and O–H groups in total. The highest BCUT2D eigenvalue weighted by atomic mass is 79.9. The molecule has 0 fully saturated rings. The standard InChI is InChI=1S/C19H19N3O2.BrH/c1-3-12-21-16-6-4-5-7-17(16)22(19(21)20)13-18(23)14-8-10-15(24-2)11-9-14;/h3-11,20H,1,12-13H2,2H3;1H/p+1. The van der Waals surface area contributed by atoms with E-state index in [-0.39, 0.29) is 29.3 Å². The highest BCUT2D eigenvalue weighted by Crippen LogP contribution is 2.17. The number of para-hydroxylation sites is 2. The number of Topliss-reactive ketones (excluding diaryl/α,β-unsaturated/α-hetero) is 1. The van der Waals surface area contributed by atoms with Gasteiger partial charge in [0.1, 0.15) is 23.3 Å². The first-order valence-corrected chi connectivity index (χ1v) is 7.70. The van der Waals surface area contributed by atoms with Crippen molar-refractivity contribution in [1.82, 2.24) is 4.57 Å². The Balaban J connectivity index is 0.00000225. The molecule has 0 saturated carbocycles. The number of halogens is 1. The van der Waals surface area contributed by atoms with E-state index >= 15 is 0 Å². The fourth-order valence-corrected chi connectivity index (χ4v) is 2.81. The number of imidazole rings is 1. The minimum atomic E-state index is -0.00383. The Morgan fingerprint density at radius 2 is 1.92 bits per heavy atom. The van der Waals surface area contributed by atoms with Gasteiger partial charge in [0.25, 0.3) is 0 Å². The number of anilines is 1. The van der Waals surface area contributed by atoms with E-state index in [0.29, 0.717) is 18.1 Å². The van der Waals surface area contributed by atoms with Crippen LogP contribution in [0.3, 0.4) is 0 Å². The summed E-state index contributed by atoms with van der Waals surface area (Å²) >= 11 is 0. The van der Waals surface area contributed by atoms with Gasteiger partial charge in [-0.3, -0.25) is 10.5 Å². The van der Waals surface area contributed by atoms with Gasteiger partial charge in [-0.1, -0.05) is 24.8 Å². The van der Waals surface area contributed by atoms with Crippen molar-refractivity contribution < 1.29 is 14.1 Å². The molecule has 130 valence electrons. The molecular weight excluding hydrogens is 382 g/mol. The summed E-state index contributed by atoms with van der Waals surface area (Å²) in [6.07, 6.45) is 1.79. The first kappa shape index (κ1) is 18.7. The van der Waals surface area contributed by atoms with Crippen LogP contribution in [0.2, 0.25) is 0 Å². The summed E-state index contributed by atoms with van der Waals surface area (Å²) in [6, 6.07) is 14.9. The Kier molecular flexibility index (Phi) is 5.98. The van der Waals surface area contributed by atoms with Gasteiger partial charge >= 0.3 is 5.95 Å². The summed E-state index contributed by atoms with van der Waals surface area (Å²) < 4.78 is 8.91. The number of carbonyl (C=O) groups excluding carboxylic acids is 1. The molecule has 0 atom stereocenters. The molecule has 3 aromatic rings. The van der Waals surface area contributed by atoms with Crippen LogP contribution in [0.25, 0.3) is 11.0 Å². The number of aromatic nitrogens is 2. The second kappa shape index (κ2) is 7.98. The zero-order valence-electron chi connectivity index (χ0n) is 14.0. The van der Waals surface area contributed by atoms with Crippen LogP contribution in [0.15, 0.2) is 61.2 Å². The SMILES string of the molecule is Br.C=CCn1c(N)[n+](CC(=O)c2ccc(OC)cc2)c2ccccc21. The van der Waals surface area contributed by atoms with E-state index in [1.54, 1.807) is 37.5 Å². The van der Waals surface area contributed by atoms with Crippen molar-refractivity contribution in [3.8, 4) is 5.75 Å². The Hall–Kier alpha value is -2.60. The molecule has 2 aromatic carbocycles. The van der Waals surface area contributed by atoms with Gasteiger partial charge in [0.15, 0.2) is 5.78 Å². The van der Waals surface area contributed by atoms with Crippen LogP contribution in [-0.4, -0.2) is 17.5 Å². The average molecular weight is 403 g/mol. The van der Waals surface area contributed by atoms with E-state index in [2.05, 4.69) is 6.58 Å². The highest BCUT2D eigenvalue weighted by Gasteiger charge is 2.22. The van der Waals surface area contributed by atoms with Gasteiger partial charge in [-0.2, -0.15) is 0 Å². The molecule has 6 heteroatoms. The van der Waals surface area contributed by atoms with Gasteiger partial charge in [0.05, 0.1) is 13.7 Å². The summed E-state index contributed by atoms with van der Waals surface area (Å²) in [5, 5.41) is 0. The van der Waals surface area contributed by atoms with Crippen molar-refractivity contribution in [3.05, 3.63) is 66.7 Å². The lowest BCUT2D eigenvalue weighted by Crippen LogP contribution is -2.40. The second-order valence-electron chi connectivity index (χ2n) is 5.48. The fourth-order valence-electron chi connectivity index (χ4n) is 2.81. The molecule has 0 radical (unpaired) electrons. The lowest BCUT2D eigenvalue weighted by molar-refractivity contribution is -0.642. The van der Waals surface area contributed by atoms with Crippen LogP contribution in [0.4, 0.5) is 5.95 Å². The van der Waals surface area contributed by atoms with Crippen LogP contribution in [0.1, 0.15) is 10.4 Å². The van der Waals surface area contributed by atoms with Crippen molar-refractivity contribution in [2.45, 2.75) is 13.1 Å². The first-order chi connectivity index (χ1) is 11.7. The maximum atomic E-state index is 12.6. The summed E-state index contributed by atoms with van der Waals surface area (Å²) in [5.41, 5.74) is 8.82. The third-order valence-corrected chi connectivity index (χ3v) is 4.04. The number of fused-ring (bicyclic) bond motifs is 1. The van der Waals surface area contributed by atoms with Crippen molar-refractivity contribution >= 4 is 39.7 Å². The highest BCUT2D eigenvalue weighted by molar-refractivity contribution is 8.93. The minimum absolute atomic E-state index is 0.